The van der Waals surface area contributed by atoms with Gasteiger partial charge in [0.1, 0.15) is 0 Å². The van der Waals surface area contributed by atoms with Gasteiger partial charge in [-0.2, -0.15) is 0 Å². The van der Waals surface area contributed by atoms with Gasteiger partial charge in [0, 0.05) is 12.3 Å². The number of aromatic nitrogens is 4. The highest BCUT2D eigenvalue weighted by Crippen LogP contribution is 2.14. The van der Waals surface area contributed by atoms with Crippen LogP contribution in [0.15, 0.2) is 5.16 Å². The Balaban J connectivity index is 2.24. The molecule has 0 fully saturated rings. The molecule has 0 aliphatic rings. The Kier molecular flexibility index (Phi) is 7.47. The fraction of sp³-hybridized carbons (Fsp3) is 0.923. The van der Waals surface area contributed by atoms with Crippen molar-refractivity contribution < 1.29 is 4.74 Å². The van der Waals surface area contributed by atoms with Gasteiger partial charge in [0.15, 0.2) is 0 Å². The van der Waals surface area contributed by atoms with Crippen molar-refractivity contribution in [3.63, 3.8) is 0 Å². The van der Waals surface area contributed by atoms with Crippen LogP contribution >= 0.6 is 11.8 Å². The molecule has 1 heterocycles. The highest BCUT2D eigenvalue weighted by molar-refractivity contribution is 7.99. The van der Waals surface area contributed by atoms with Gasteiger partial charge >= 0.3 is 0 Å². The largest absolute Gasteiger partial charge is 0.375 e. The van der Waals surface area contributed by atoms with Crippen molar-refractivity contribution >= 4 is 11.8 Å². The van der Waals surface area contributed by atoms with E-state index in [1.807, 2.05) is 4.68 Å². The molecular weight excluding hydrogens is 274 g/mol. The smallest absolute Gasteiger partial charge is 0.209 e. The maximum atomic E-state index is 5.68. The minimum absolute atomic E-state index is 0.0900. The lowest BCUT2D eigenvalue weighted by Gasteiger charge is -2.18. The number of nitrogens with one attached hydrogen (secondary N) is 1. The molecule has 1 rings (SSSR count). The average Bonchev–Trinajstić information content (AvgIpc) is 2.76. The van der Waals surface area contributed by atoms with Crippen LogP contribution in [0, 0.1) is 5.92 Å². The lowest BCUT2D eigenvalue weighted by atomic mass is 10.2. The molecule has 0 saturated heterocycles. The third kappa shape index (κ3) is 7.81. The van der Waals surface area contributed by atoms with Crippen molar-refractivity contribution in [3.8, 4) is 0 Å². The summed E-state index contributed by atoms with van der Waals surface area (Å²) in [4.78, 5) is 0. The van der Waals surface area contributed by atoms with Crippen molar-refractivity contribution in [1.82, 2.24) is 25.5 Å². The van der Waals surface area contributed by atoms with Crippen LogP contribution in [-0.4, -0.2) is 51.3 Å². The van der Waals surface area contributed by atoms with E-state index in [-0.39, 0.29) is 5.60 Å². The van der Waals surface area contributed by atoms with Crippen LogP contribution in [0.5, 0.6) is 0 Å². The van der Waals surface area contributed by atoms with Gasteiger partial charge in [-0.25, -0.2) is 4.68 Å². The van der Waals surface area contributed by atoms with E-state index >= 15 is 0 Å². The summed E-state index contributed by atoms with van der Waals surface area (Å²) >= 11 is 1.63. The molecule has 0 spiro atoms. The van der Waals surface area contributed by atoms with Crippen molar-refractivity contribution in [1.29, 1.82) is 0 Å². The molecule has 0 atom stereocenters. The van der Waals surface area contributed by atoms with Gasteiger partial charge in [-0.15, -0.1) is 5.10 Å². The third-order valence-electron chi connectivity index (χ3n) is 2.40. The minimum atomic E-state index is -0.0900. The van der Waals surface area contributed by atoms with E-state index in [0.29, 0.717) is 12.5 Å². The van der Waals surface area contributed by atoms with Gasteiger partial charge < -0.3 is 10.1 Å². The number of thioether (sulfide) groups is 1. The van der Waals surface area contributed by atoms with Crippen LogP contribution in [0.2, 0.25) is 0 Å². The Morgan fingerprint density at radius 1 is 1.35 bits per heavy atom. The molecule has 1 aromatic heterocycles. The Bertz CT molecular complexity index is 375. The number of tetrazole rings is 1. The molecular formula is C13H27N5OS. The van der Waals surface area contributed by atoms with E-state index in [1.54, 1.807) is 11.8 Å². The maximum Gasteiger partial charge on any atom is 0.209 e. The molecule has 0 aliphatic carbocycles. The van der Waals surface area contributed by atoms with Crippen molar-refractivity contribution in [2.45, 2.75) is 51.9 Å². The molecule has 0 aromatic carbocycles. The Morgan fingerprint density at radius 2 is 2.10 bits per heavy atom. The summed E-state index contributed by atoms with van der Waals surface area (Å²) in [6.45, 7) is 14.0. The van der Waals surface area contributed by atoms with Gasteiger partial charge in [-0.1, -0.05) is 25.6 Å². The van der Waals surface area contributed by atoms with Crippen LogP contribution < -0.4 is 5.32 Å². The molecule has 0 saturated carbocycles. The van der Waals surface area contributed by atoms with E-state index in [1.165, 1.54) is 0 Å². The highest BCUT2D eigenvalue weighted by atomic mass is 32.2. The predicted molar refractivity (Wildman–Crippen MR) is 82.0 cm³/mol. The normalized spacial score (nSPS) is 12.3. The number of nitrogens with zero attached hydrogens (tertiary/aromatic N) is 4. The molecule has 20 heavy (non-hydrogen) atoms. The van der Waals surface area contributed by atoms with Crippen LogP contribution in [0.1, 0.15) is 34.6 Å². The lowest BCUT2D eigenvalue weighted by molar-refractivity contribution is 0.00692. The lowest BCUT2D eigenvalue weighted by Crippen LogP contribution is -2.24. The fourth-order valence-electron chi connectivity index (χ4n) is 1.50. The standard InChI is InChI=1S/C13H27N5OS/c1-11(2)10-14-6-7-18-12(15-16-17-18)20-9-8-19-13(3,4)5/h11,14H,6-10H2,1-5H3. The fourth-order valence-corrected chi connectivity index (χ4v) is 2.22. The molecule has 0 unspecified atom stereocenters. The highest BCUT2D eigenvalue weighted by Gasteiger charge is 2.11. The van der Waals surface area contributed by atoms with Crippen LogP contribution in [0.25, 0.3) is 0 Å². The average molecular weight is 301 g/mol. The summed E-state index contributed by atoms with van der Waals surface area (Å²) in [5.74, 6) is 1.52. The summed E-state index contributed by atoms with van der Waals surface area (Å²) in [6.07, 6.45) is 0. The summed E-state index contributed by atoms with van der Waals surface area (Å²) in [5.41, 5.74) is -0.0900. The molecule has 0 aliphatic heterocycles. The second kappa shape index (κ2) is 8.59. The van der Waals surface area contributed by atoms with Gasteiger partial charge in [-0.3, -0.25) is 0 Å². The zero-order valence-corrected chi connectivity index (χ0v) is 14.0. The number of rotatable bonds is 9. The van der Waals surface area contributed by atoms with Crippen molar-refractivity contribution in [2.24, 2.45) is 5.92 Å². The zero-order chi connectivity index (χ0) is 15.0. The molecule has 116 valence electrons. The van der Waals surface area contributed by atoms with Gasteiger partial charge in [0.25, 0.3) is 0 Å². The first kappa shape index (κ1) is 17.4. The monoisotopic (exact) mass is 301 g/mol. The second-order valence-corrected chi connectivity index (χ2v) is 7.15. The van der Waals surface area contributed by atoms with Crippen LogP contribution in [0.3, 0.4) is 0 Å². The number of hydrogen-bond donors (Lipinski definition) is 1. The first-order valence-electron chi connectivity index (χ1n) is 7.12. The molecule has 0 amide bonds. The molecule has 1 aromatic rings. The Labute approximate surface area is 126 Å². The van der Waals surface area contributed by atoms with Crippen molar-refractivity contribution in [3.05, 3.63) is 0 Å². The van der Waals surface area contributed by atoms with Crippen molar-refractivity contribution in [2.75, 3.05) is 25.4 Å². The predicted octanol–water partition coefficient (Wildman–Crippen LogP) is 1.83. The second-order valence-electron chi connectivity index (χ2n) is 6.09. The van der Waals surface area contributed by atoms with E-state index in [4.69, 9.17) is 4.74 Å². The summed E-state index contributed by atoms with van der Waals surface area (Å²) in [5, 5.41) is 16.0. The van der Waals surface area contributed by atoms with E-state index in [2.05, 4.69) is 55.5 Å². The SMILES string of the molecule is CC(C)CNCCn1nnnc1SCCOC(C)(C)C. The van der Waals surface area contributed by atoms with Crippen LogP contribution in [0.4, 0.5) is 0 Å². The van der Waals surface area contributed by atoms with Gasteiger partial charge in [0.05, 0.1) is 18.8 Å². The third-order valence-corrected chi connectivity index (χ3v) is 3.32. The van der Waals surface area contributed by atoms with Gasteiger partial charge in [0.2, 0.25) is 5.16 Å². The first-order chi connectivity index (χ1) is 9.38. The summed E-state index contributed by atoms with van der Waals surface area (Å²) < 4.78 is 7.52. The topological polar surface area (TPSA) is 64.9 Å². The minimum Gasteiger partial charge on any atom is -0.375 e. The Hall–Kier alpha value is -0.660. The zero-order valence-electron chi connectivity index (χ0n) is 13.2. The molecule has 1 N–H and O–H groups in total. The van der Waals surface area contributed by atoms with E-state index in [9.17, 15) is 0 Å². The first-order valence-corrected chi connectivity index (χ1v) is 8.10. The van der Waals surface area contributed by atoms with Crippen LogP contribution in [-0.2, 0) is 11.3 Å². The number of hydrogen-bond acceptors (Lipinski definition) is 6. The van der Waals surface area contributed by atoms with E-state index in [0.717, 1.165) is 30.5 Å². The maximum absolute atomic E-state index is 5.68. The molecule has 7 heteroatoms. The van der Waals surface area contributed by atoms with E-state index < -0.39 is 0 Å². The summed E-state index contributed by atoms with van der Waals surface area (Å²) in [6, 6.07) is 0. The van der Waals surface area contributed by atoms with Gasteiger partial charge in [-0.05, 0) is 43.7 Å². The quantitative estimate of drug-likeness (QED) is 0.554. The molecule has 0 radical (unpaired) electrons. The Morgan fingerprint density at radius 3 is 2.75 bits per heavy atom. The summed E-state index contributed by atoms with van der Waals surface area (Å²) in [7, 11) is 0. The molecule has 6 nitrogen and oxygen atoms in total. The number of ether oxygens (including phenoxy) is 1. The molecule has 0 bridgehead atoms.